The first-order chi connectivity index (χ1) is 9.28. The Bertz CT molecular complexity index is 439. The van der Waals surface area contributed by atoms with E-state index in [4.69, 9.17) is 9.84 Å². The minimum absolute atomic E-state index is 0.0662. The fraction of sp³-hybridized carbons (Fsp3) is 0.833. The molecule has 9 heteroatoms. The van der Waals surface area contributed by atoms with Crippen molar-refractivity contribution in [1.82, 2.24) is 10.2 Å². The lowest BCUT2D eigenvalue weighted by Crippen LogP contribution is -2.66. The lowest BCUT2D eigenvalue weighted by Gasteiger charge is -2.42. The molecule has 1 aliphatic rings. The molecule has 2 amide bonds. The molecule has 0 spiro atoms. The number of nitrogens with zero attached hydrogens (tertiary/aromatic N) is 1. The summed E-state index contributed by atoms with van der Waals surface area (Å²) in [5.74, 6) is -2.16. The number of carboxylic acids is 1. The van der Waals surface area contributed by atoms with Crippen molar-refractivity contribution >= 4 is 12.0 Å². The number of urea groups is 1. The van der Waals surface area contributed by atoms with Crippen LogP contribution in [0.2, 0.25) is 0 Å². The molecule has 0 aromatic rings. The number of halogens is 3. The second-order valence-corrected chi connectivity index (χ2v) is 5.93. The Labute approximate surface area is 120 Å². The van der Waals surface area contributed by atoms with E-state index in [1.165, 1.54) is 0 Å². The summed E-state index contributed by atoms with van der Waals surface area (Å²) >= 11 is 0. The van der Waals surface area contributed by atoms with E-state index in [0.29, 0.717) is 6.92 Å². The van der Waals surface area contributed by atoms with Crippen LogP contribution in [0.4, 0.5) is 18.0 Å². The minimum Gasteiger partial charge on any atom is -0.479 e. The van der Waals surface area contributed by atoms with Crippen LogP contribution in [0.25, 0.3) is 0 Å². The number of amides is 2. The molecule has 2 unspecified atom stereocenters. The molecule has 0 aromatic heterocycles. The van der Waals surface area contributed by atoms with E-state index in [9.17, 15) is 22.8 Å². The molecular weight excluding hydrogens is 293 g/mol. The number of alkyl halides is 3. The van der Waals surface area contributed by atoms with Crippen molar-refractivity contribution in [3.63, 3.8) is 0 Å². The molecule has 1 rings (SSSR count). The van der Waals surface area contributed by atoms with Crippen LogP contribution in [0, 0.1) is 0 Å². The minimum atomic E-state index is -5.11. The van der Waals surface area contributed by atoms with Gasteiger partial charge in [-0.1, -0.05) is 0 Å². The van der Waals surface area contributed by atoms with E-state index in [1.54, 1.807) is 26.1 Å². The Morgan fingerprint density at radius 1 is 1.38 bits per heavy atom. The Balaban J connectivity index is 2.91. The first-order valence-electron chi connectivity index (χ1n) is 6.33. The molecule has 1 fully saturated rings. The van der Waals surface area contributed by atoms with Gasteiger partial charge in [-0.3, -0.25) is 0 Å². The maximum atomic E-state index is 12.9. The molecule has 2 N–H and O–H groups in total. The summed E-state index contributed by atoms with van der Waals surface area (Å²) in [5.41, 5.74) is -4.05. The maximum Gasteiger partial charge on any atom is 0.422 e. The van der Waals surface area contributed by atoms with Gasteiger partial charge >= 0.3 is 18.2 Å². The van der Waals surface area contributed by atoms with Gasteiger partial charge < -0.3 is 20.1 Å². The van der Waals surface area contributed by atoms with Crippen molar-refractivity contribution < 1.29 is 32.6 Å². The van der Waals surface area contributed by atoms with E-state index < -0.39 is 29.3 Å². The Hall–Kier alpha value is -1.51. The zero-order valence-electron chi connectivity index (χ0n) is 12.2. The SMILES string of the molecule is CC1CN(C(=O)NC(C)(C(=O)O)C(F)(F)F)CC(C)(C)O1. The highest BCUT2D eigenvalue weighted by Crippen LogP contribution is 2.31. The zero-order chi connectivity index (χ0) is 16.6. The normalized spacial score (nSPS) is 25.1. The number of carbonyl (C=O) groups excluding carboxylic acids is 1. The Morgan fingerprint density at radius 2 is 1.90 bits per heavy atom. The molecule has 1 saturated heterocycles. The average Bonchev–Trinajstić information content (AvgIpc) is 2.23. The summed E-state index contributed by atoms with van der Waals surface area (Å²) in [4.78, 5) is 24.0. The van der Waals surface area contributed by atoms with Crippen LogP contribution in [-0.4, -0.2) is 58.5 Å². The van der Waals surface area contributed by atoms with Gasteiger partial charge in [-0.25, -0.2) is 9.59 Å². The van der Waals surface area contributed by atoms with Gasteiger partial charge in [-0.05, 0) is 27.7 Å². The Kier molecular flexibility index (Phi) is 4.48. The van der Waals surface area contributed by atoms with Crippen LogP contribution in [0.15, 0.2) is 0 Å². The first kappa shape index (κ1) is 17.5. The van der Waals surface area contributed by atoms with Crippen LogP contribution in [-0.2, 0) is 9.53 Å². The number of nitrogens with one attached hydrogen (secondary N) is 1. The van der Waals surface area contributed by atoms with Gasteiger partial charge in [0.25, 0.3) is 0 Å². The second kappa shape index (κ2) is 5.36. The van der Waals surface area contributed by atoms with Crippen LogP contribution in [0.5, 0.6) is 0 Å². The third-order valence-corrected chi connectivity index (χ3v) is 3.21. The zero-order valence-corrected chi connectivity index (χ0v) is 12.2. The third kappa shape index (κ3) is 3.78. The quantitative estimate of drug-likeness (QED) is 0.812. The van der Waals surface area contributed by atoms with Crippen LogP contribution in [0.1, 0.15) is 27.7 Å². The number of morpholine rings is 1. The van der Waals surface area contributed by atoms with Crippen LogP contribution < -0.4 is 5.32 Å². The van der Waals surface area contributed by atoms with E-state index in [2.05, 4.69) is 0 Å². The molecule has 6 nitrogen and oxygen atoms in total. The van der Waals surface area contributed by atoms with Crippen molar-refractivity contribution in [2.45, 2.75) is 51.1 Å². The molecule has 0 saturated carbocycles. The van der Waals surface area contributed by atoms with Crippen molar-refractivity contribution in [3.05, 3.63) is 0 Å². The smallest absolute Gasteiger partial charge is 0.422 e. The standard InChI is InChI=1S/C12H19F3N2O4/c1-7-5-17(6-10(2,3)21-7)9(20)16-11(4,8(18)19)12(13,14)15/h7H,5-6H2,1-4H3,(H,16,20)(H,18,19). The van der Waals surface area contributed by atoms with Crippen LogP contribution in [0.3, 0.4) is 0 Å². The molecular formula is C12H19F3N2O4. The molecule has 0 aliphatic carbocycles. The van der Waals surface area contributed by atoms with Gasteiger partial charge in [-0.15, -0.1) is 0 Å². The highest BCUT2D eigenvalue weighted by molar-refractivity contribution is 5.86. The molecule has 122 valence electrons. The number of aliphatic carboxylic acids is 1. The van der Waals surface area contributed by atoms with E-state index in [-0.39, 0.29) is 19.2 Å². The van der Waals surface area contributed by atoms with Gasteiger partial charge in [-0.2, -0.15) is 13.2 Å². The maximum absolute atomic E-state index is 12.9. The predicted octanol–water partition coefficient (Wildman–Crippen LogP) is 1.60. The van der Waals surface area contributed by atoms with Gasteiger partial charge in [0.15, 0.2) is 0 Å². The van der Waals surface area contributed by atoms with Crippen molar-refractivity contribution in [2.24, 2.45) is 0 Å². The summed E-state index contributed by atoms with van der Waals surface area (Å²) in [5, 5.41) is 10.4. The fourth-order valence-electron chi connectivity index (χ4n) is 2.15. The number of hydrogen-bond donors (Lipinski definition) is 2. The summed E-state index contributed by atoms with van der Waals surface area (Å²) in [7, 11) is 0. The highest BCUT2D eigenvalue weighted by atomic mass is 19.4. The fourth-order valence-corrected chi connectivity index (χ4v) is 2.15. The summed E-state index contributed by atoms with van der Waals surface area (Å²) in [6.07, 6.45) is -5.47. The van der Waals surface area contributed by atoms with Crippen molar-refractivity contribution in [3.8, 4) is 0 Å². The summed E-state index contributed by atoms with van der Waals surface area (Å²) in [6.45, 7) is 5.65. The number of rotatable bonds is 2. The van der Waals surface area contributed by atoms with E-state index in [1.807, 2.05) is 0 Å². The second-order valence-electron chi connectivity index (χ2n) is 5.93. The number of carbonyl (C=O) groups is 2. The van der Waals surface area contributed by atoms with Crippen LogP contribution >= 0.6 is 0 Å². The third-order valence-electron chi connectivity index (χ3n) is 3.21. The lowest BCUT2D eigenvalue weighted by atomic mass is 10.0. The van der Waals surface area contributed by atoms with Crippen molar-refractivity contribution in [1.29, 1.82) is 0 Å². The molecule has 0 radical (unpaired) electrons. The topological polar surface area (TPSA) is 78.9 Å². The Morgan fingerprint density at radius 3 is 2.29 bits per heavy atom. The number of ether oxygens (including phenoxy) is 1. The largest absolute Gasteiger partial charge is 0.479 e. The van der Waals surface area contributed by atoms with E-state index in [0.717, 1.165) is 4.90 Å². The summed E-state index contributed by atoms with van der Waals surface area (Å²) in [6, 6.07) is -1.08. The molecule has 2 atom stereocenters. The van der Waals surface area contributed by atoms with Gasteiger partial charge in [0.1, 0.15) is 0 Å². The molecule has 0 aromatic carbocycles. The van der Waals surface area contributed by atoms with Gasteiger partial charge in [0.05, 0.1) is 18.2 Å². The van der Waals surface area contributed by atoms with Gasteiger partial charge in [0.2, 0.25) is 5.54 Å². The molecule has 1 heterocycles. The van der Waals surface area contributed by atoms with E-state index >= 15 is 0 Å². The number of carboxylic acid groups (broad SMARTS) is 1. The molecule has 0 bridgehead atoms. The molecule has 21 heavy (non-hydrogen) atoms. The predicted molar refractivity (Wildman–Crippen MR) is 66.8 cm³/mol. The number of hydrogen-bond acceptors (Lipinski definition) is 3. The van der Waals surface area contributed by atoms with Crippen molar-refractivity contribution in [2.75, 3.05) is 13.1 Å². The molecule has 1 aliphatic heterocycles. The highest BCUT2D eigenvalue weighted by Gasteiger charge is 2.59. The average molecular weight is 312 g/mol. The lowest BCUT2D eigenvalue weighted by molar-refractivity contribution is -0.204. The first-order valence-corrected chi connectivity index (χ1v) is 6.33. The monoisotopic (exact) mass is 312 g/mol. The van der Waals surface area contributed by atoms with Gasteiger partial charge in [0, 0.05) is 6.54 Å². The summed E-state index contributed by atoms with van der Waals surface area (Å²) < 4.78 is 44.2.